The van der Waals surface area contributed by atoms with Crippen LogP contribution in [0.5, 0.6) is 0 Å². The van der Waals surface area contributed by atoms with Gasteiger partial charge in [0.2, 0.25) is 0 Å². The Labute approximate surface area is 293 Å². The van der Waals surface area contributed by atoms with Crippen LogP contribution in [0.25, 0.3) is 0 Å². The van der Waals surface area contributed by atoms with Crippen LogP contribution < -0.4 is 138 Å². The van der Waals surface area contributed by atoms with Crippen LogP contribution in [0, 0.1) is 132 Å². The van der Waals surface area contributed by atoms with Gasteiger partial charge < -0.3 is 91.9 Å². The number of rotatable bonds is 0. The Hall–Kier alpha value is 0.629. The molecule has 0 aromatic rings. The van der Waals surface area contributed by atoms with E-state index >= 15 is 0 Å². The van der Waals surface area contributed by atoms with E-state index < -0.39 is 30.5 Å². The second kappa shape index (κ2) is 50.4. The van der Waals surface area contributed by atoms with Crippen molar-refractivity contribution < 1.29 is 208 Å². The Morgan fingerprint density at radius 1 is 0.296 bits per heavy atom. The fraction of sp³-hybridized carbons (Fsp3) is 0. The molecule has 0 aliphatic carbocycles. The van der Waals surface area contributed by atoms with Crippen molar-refractivity contribution in [3.63, 3.8) is 0 Å². The van der Waals surface area contributed by atoms with Crippen molar-refractivity contribution in [2.24, 2.45) is 0 Å². The van der Waals surface area contributed by atoms with Crippen molar-refractivity contribution in [3.05, 3.63) is 91.9 Å². The van der Waals surface area contributed by atoms with Gasteiger partial charge in [0.25, 0.3) is 0 Å². The summed E-state index contributed by atoms with van der Waals surface area (Å²) in [6.07, 6.45) is 0. The van der Waals surface area contributed by atoms with Crippen LogP contribution in [-0.4, -0.2) is 30.5 Å². The Morgan fingerprint density at radius 2 is 0.296 bits per heavy atom. The van der Waals surface area contributed by atoms with Crippen LogP contribution in [-0.2, 0) is 0 Å². The summed E-state index contributed by atoms with van der Waals surface area (Å²) in [6, 6.07) is 0. The maximum atomic E-state index is 8.25. The third kappa shape index (κ3) is 40900. The van der Waals surface area contributed by atoms with Crippen LogP contribution in [0.3, 0.4) is 0 Å². The fourth-order valence-electron chi connectivity index (χ4n) is 0. The zero-order valence-electron chi connectivity index (χ0n) is 12.5. The van der Waals surface area contributed by atoms with E-state index in [4.69, 9.17) is 91.9 Å². The SMILES string of the molecule is O=[N+]([O-])[O-].O=[N+]([O-])[O-].O=[N+]([O-])[O-].O=[N+]([O-])[O-].O=[N+]([O-])[O-].O=[N+]([O-])[O-].[Cs+].[Cs+].[Th+4]. The molecule has 0 saturated heterocycles. The van der Waals surface area contributed by atoms with Gasteiger partial charge in [-0.1, -0.05) is 0 Å². The molecule has 0 heterocycles. The van der Waals surface area contributed by atoms with Crippen LogP contribution in [0.15, 0.2) is 0 Å². The van der Waals surface area contributed by atoms with Gasteiger partial charge in [-0.2, -0.15) is 0 Å². The second-order valence-electron chi connectivity index (χ2n) is 1.34. The average molecular weight is 870 g/mol. The van der Waals surface area contributed by atoms with Crippen molar-refractivity contribution in [3.8, 4) is 0 Å². The third-order valence-electron chi connectivity index (χ3n) is 0. The zero-order valence-corrected chi connectivity index (χ0v) is 29.2. The first-order valence-electron chi connectivity index (χ1n) is 3.29. The molecule has 0 fully saturated rings. The second-order valence-corrected chi connectivity index (χ2v) is 1.34. The maximum absolute atomic E-state index is 8.25. The molecule has 0 aliphatic rings. The van der Waals surface area contributed by atoms with Crippen molar-refractivity contribution >= 4 is 0 Å². The van der Waals surface area contributed by atoms with Crippen molar-refractivity contribution in [2.45, 2.75) is 0 Å². The molecule has 0 radical (unpaired) electrons. The van der Waals surface area contributed by atoms with Gasteiger partial charge in [-0.3, -0.25) is 0 Å². The molecule has 0 unspecified atom stereocenters. The summed E-state index contributed by atoms with van der Waals surface area (Å²) in [7, 11) is 0. The summed E-state index contributed by atoms with van der Waals surface area (Å²) < 4.78 is 0. The van der Waals surface area contributed by atoms with Crippen LogP contribution in [0.1, 0.15) is 0 Å². The van der Waals surface area contributed by atoms with Crippen LogP contribution in [0.4, 0.5) is 0 Å². The van der Waals surface area contributed by atoms with Crippen molar-refractivity contribution in [1.82, 2.24) is 0 Å². The van der Waals surface area contributed by atoms with Gasteiger partial charge in [-0.15, -0.1) is 0 Å². The molecule has 24 nitrogen and oxygen atoms in total. The fourth-order valence-corrected chi connectivity index (χ4v) is 0. The molecule has 0 amide bonds. The Kier molecular flexibility index (Phi) is 105. The summed E-state index contributed by atoms with van der Waals surface area (Å²) in [5, 5.41) is 88.5. The molecule has 0 N–H and O–H groups in total. The first kappa shape index (κ1) is 56.5. The van der Waals surface area contributed by atoms with Crippen molar-refractivity contribution in [2.75, 3.05) is 0 Å². The first-order valence-corrected chi connectivity index (χ1v) is 3.29. The summed E-state index contributed by atoms with van der Waals surface area (Å²) in [5.41, 5.74) is 0. The summed E-state index contributed by atoms with van der Waals surface area (Å²) in [5.74, 6) is 0. The third-order valence-corrected chi connectivity index (χ3v) is 0. The Balaban J connectivity index is -0.0000000201. The number of hydrogen-bond acceptors (Lipinski definition) is 18. The predicted molar refractivity (Wildman–Crippen MR) is 62.2 cm³/mol. The minimum Gasteiger partial charge on any atom is -0.356 e. The Morgan fingerprint density at radius 3 is 0.296 bits per heavy atom. The Bertz CT molecular complexity index is 267. The van der Waals surface area contributed by atoms with Crippen molar-refractivity contribution in [1.29, 1.82) is 0 Å². The largest absolute Gasteiger partial charge is 4.00 e. The standard InChI is InChI=1S/2Cs.6NO3.Th/c;;6*2-1(3)4;/q2*+1;6*-1;+4. The van der Waals surface area contributed by atoms with E-state index in [9.17, 15) is 0 Å². The van der Waals surface area contributed by atoms with Gasteiger partial charge in [0, 0.05) is 0 Å². The van der Waals surface area contributed by atoms with Gasteiger partial charge in [0.1, 0.15) is 0 Å². The molecule has 144 valence electrons. The van der Waals surface area contributed by atoms with Gasteiger partial charge in [-0.25, -0.2) is 0 Å². The topological polar surface area (TPSA) is 397 Å². The van der Waals surface area contributed by atoms with Gasteiger partial charge in [0.15, 0.2) is 0 Å². The molecule has 27 heteroatoms. The quantitative estimate of drug-likeness (QED) is 0.161. The average Bonchev–Trinajstić information content (AvgIpc) is 2.08. The van der Waals surface area contributed by atoms with Gasteiger partial charge >= 0.3 is 178 Å². The molecule has 0 rings (SSSR count). The van der Waals surface area contributed by atoms with E-state index in [0.717, 1.165) is 0 Å². The van der Waals surface area contributed by atoms with E-state index in [1.807, 2.05) is 0 Å². The first-order chi connectivity index (χ1) is 10.4. The zero-order chi connectivity index (χ0) is 21.5. The van der Waals surface area contributed by atoms with E-state index in [-0.39, 0.29) is 178 Å². The normalized spacial score (nSPS) is 5.33. The van der Waals surface area contributed by atoms with Crippen LogP contribution >= 0.6 is 0 Å². The monoisotopic (exact) mass is 870 g/mol. The van der Waals surface area contributed by atoms with E-state index in [2.05, 4.69) is 0 Å². The number of nitrogens with zero attached hydrogens (tertiary/aromatic N) is 6. The molecule has 27 heavy (non-hydrogen) atoms. The molecular formula is Cs2N6O18Th. The number of hydrogen-bond donors (Lipinski definition) is 0. The van der Waals surface area contributed by atoms with E-state index in [1.54, 1.807) is 0 Å². The molecule has 0 saturated carbocycles. The molecule has 0 aromatic heterocycles. The van der Waals surface area contributed by atoms with Gasteiger partial charge in [0.05, 0.1) is 30.5 Å². The summed E-state index contributed by atoms with van der Waals surface area (Å²) >= 11 is 0. The smallest absolute Gasteiger partial charge is 0.356 e. The summed E-state index contributed by atoms with van der Waals surface area (Å²) in [4.78, 5) is 49.5. The van der Waals surface area contributed by atoms with E-state index in [1.165, 1.54) is 0 Å². The molecule has 0 spiro atoms. The van der Waals surface area contributed by atoms with E-state index in [0.29, 0.717) is 0 Å². The minimum atomic E-state index is -1.75. The summed E-state index contributed by atoms with van der Waals surface area (Å²) in [6.45, 7) is 0. The molecule has 0 aromatic carbocycles. The van der Waals surface area contributed by atoms with Crippen LogP contribution in [0.2, 0.25) is 0 Å². The molecule has 0 aliphatic heterocycles. The minimum absolute atomic E-state index is 0. The molecule has 0 atom stereocenters. The maximum Gasteiger partial charge on any atom is 4.00 e. The van der Waals surface area contributed by atoms with Gasteiger partial charge in [-0.05, 0) is 0 Å². The molecular weight excluding hydrogens is 870 g/mol. The predicted octanol–water partition coefficient (Wildman–Crippen LogP) is -7.43. The molecule has 0 bridgehead atoms.